The van der Waals surface area contributed by atoms with E-state index in [9.17, 15) is 10.1 Å². The Labute approximate surface area is 113 Å². The van der Waals surface area contributed by atoms with Crippen LogP contribution in [0.15, 0.2) is 12.4 Å². The van der Waals surface area contributed by atoms with Gasteiger partial charge in [0, 0.05) is 13.2 Å². The van der Waals surface area contributed by atoms with Crippen LogP contribution in [0.2, 0.25) is 0 Å². The van der Waals surface area contributed by atoms with Crippen molar-refractivity contribution >= 4 is 5.91 Å². The first-order chi connectivity index (χ1) is 9.08. The number of rotatable bonds is 3. The van der Waals surface area contributed by atoms with E-state index in [1.807, 2.05) is 0 Å². The van der Waals surface area contributed by atoms with Gasteiger partial charge in [0.05, 0.1) is 17.8 Å². The Bertz CT molecular complexity index is 492. The maximum absolute atomic E-state index is 12.1. The number of hydrogen-bond donors (Lipinski definition) is 1. The molecule has 1 aliphatic rings. The van der Waals surface area contributed by atoms with Crippen molar-refractivity contribution in [3.63, 3.8) is 0 Å². The monoisotopic (exact) mass is 260 g/mol. The Morgan fingerprint density at radius 1 is 1.63 bits per heavy atom. The van der Waals surface area contributed by atoms with Gasteiger partial charge in [0.15, 0.2) is 0 Å². The lowest BCUT2D eigenvalue weighted by Gasteiger charge is -2.35. The van der Waals surface area contributed by atoms with Crippen molar-refractivity contribution in [1.29, 1.82) is 5.26 Å². The van der Waals surface area contributed by atoms with Crippen molar-refractivity contribution in [3.05, 3.63) is 18.0 Å². The summed E-state index contributed by atoms with van der Waals surface area (Å²) in [6, 6.07) is 2.31. The van der Waals surface area contributed by atoms with E-state index in [4.69, 9.17) is 0 Å². The molecule has 0 spiro atoms. The normalized spacial score (nSPS) is 26.7. The van der Waals surface area contributed by atoms with Crippen LogP contribution < -0.4 is 5.32 Å². The van der Waals surface area contributed by atoms with Gasteiger partial charge in [-0.15, -0.1) is 0 Å². The predicted octanol–water partition coefficient (Wildman–Crippen LogP) is 2.01. The second kappa shape index (κ2) is 5.43. The Morgan fingerprint density at radius 2 is 2.32 bits per heavy atom. The van der Waals surface area contributed by atoms with Crippen LogP contribution in [0.4, 0.5) is 0 Å². The summed E-state index contributed by atoms with van der Waals surface area (Å²) in [7, 11) is 1.77. The topological polar surface area (TPSA) is 70.7 Å². The highest BCUT2D eigenvalue weighted by molar-refractivity contribution is 5.94. The summed E-state index contributed by atoms with van der Waals surface area (Å²) in [4.78, 5) is 12.1. The number of hydrogen-bond acceptors (Lipinski definition) is 3. The first kappa shape index (κ1) is 13.6. The Balaban J connectivity index is 2.04. The first-order valence-electron chi connectivity index (χ1n) is 6.81. The highest BCUT2D eigenvalue weighted by Gasteiger charge is 2.36. The van der Waals surface area contributed by atoms with E-state index in [1.165, 1.54) is 6.20 Å². The zero-order chi connectivity index (χ0) is 13.9. The molecule has 2 rings (SSSR count). The molecule has 1 N–H and O–H groups in total. The predicted molar refractivity (Wildman–Crippen MR) is 71.3 cm³/mol. The van der Waals surface area contributed by atoms with E-state index >= 15 is 0 Å². The second-order valence-corrected chi connectivity index (χ2v) is 5.40. The van der Waals surface area contributed by atoms with Crippen molar-refractivity contribution in [2.24, 2.45) is 13.0 Å². The number of nitrogens with zero attached hydrogens (tertiary/aromatic N) is 3. The molecule has 0 saturated heterocycles. The van der Waals surface area contributed by atoms with Crippen molar-refractivity contribution in [3.8, 4) is 6.07 Å². The van der Waals surface area contributed by atoms with E-state index in [-0.39, 0.29) is 5.91 Å². The van der Waals surface area contributed by atoms with E-state index in [0.717, 1.165) is 32.1 Å². The minimum Gasteiger partial charge on any atom is -0.334 e. The van der Waals surface area contributed by atoms with Gasteiger partial charge >= 0.3 is 0 Å². The molecule has 1 amide bonds. The van der Waals surface area contributed by atoms with E-state index in [1.54, 1.807) is 17.9 Å². The quantitative estimate of drug-likeness (QED) is 0.903. The van der Waals surface area contributed by atoms with Gasteiger partial charge in [-0.2, -0.15) is 10.4 Å². The highest BCUT2D eigenvalue weighted by atomic mass is 16.1. The minimum atomic E-state index is -0.696. The Morgan fingerprint density at radius 3 is 2.79 bits per heavy atom. The summed E-state index contributed by atoms with van der Waals surface area (Å²) in [6.07, 6.45) is 7.85. The molecule has 5 heteroatoms. The zero-order valence-corrected chi connectivity index (χ0v) is 11.5. The summed E-state index contributed by atoms with van der Waals surface area (Å²) in [6.45, 7) is 2.18. The fourth-order valence-corrected chi connectivity index (χ4v) is 2.67. The smallest absolute Gasteiger partial charge is 0.255 e. The van der Waals surface area contributed by atoms with Crippen LogP contribution in [0, 0.1) is 17.2 Å². The van der Waals surface area contributed by atoms with E-state index in [2.05, 4.69) is 23.4 Å². The molecule has 5 nitrogen and oxygen atoms in total. The number of nitrogens with one attached hydrogen (secondary N) is 1. The third-order valence-electron chi connectivity index (χ3n) is 4.07. The number of carbonyl (C=O) groups is 1. The largest absolute Gasteiger partial charge is 0.334 e. The summed E-state index contributed by atoms with van der Waals surface area (Å²) in [5, 5.41) is 16.3. The van der Waals surface area contributed by atoms with Gasteiger partial charge in [0.2, 0.25) is 0 Å². The van der Waals surface area contributed by atoms with Gasteiger partial charge in [-0.25, -0.2) is 0 Å². The maximum Gasteiger partial charge on any atom is 0.255 e. The van der Waals surface area contributed by atoms with Crippen LogP contribution in [-0.2, 0) is 7.05 Å². The van der Waals surface area contributed by atoms with Crippen LogP contribution in [-0.4, -0.2) is 21.2 Å². The van der Waals surface area contributed by atoms with Gasteiger partial charge in [-0.1, -0.05) is 13.3 Å². The van der Waals surface area contributed by atoms with Crippen LogP contribution in [0.25, 0.3) is 0 Å². The van der Waals surface area contributed by atoms with Crippen molar-refractivity contribution in [2.45, 2.75) is 44.6 Å². The lowest BCUT2D eigenvalue weighted by Crippen LogP contribution is -2.49. The molecule has 19 heavy (non-hydrogen) atoms. The molecule has 0 aromatic carbocycles. The average Bonchev–Trinajstić information content (AvgIpc) is 2.86. The minimum absolute atomic E-state index is 0.204. The molecule has 1 aromatic rings. The van der Waals surface area contributed by atoms with Crippen LogP contribution in [0.5, 0.6) is 0 Å². The fraction of sp³-hybridized carbons (Fsp3) is 0.643. The Kier molecular flexibility index (Phi) is 3.89. The third kappa shape index (κ3) is 2.95. The summed E-state index contributed by atoms with van der Waals surface area (Å²) in [5.74, 6) is 0.487. The van der Waals surface area contributed by atoms with Gasteiger partial charge in [-0.3, -0.25) is 9.48 Å². The molecular weight excluding hydrogens is 240 g/mol. The average molecular weight is 260 g/mol. The molecule has 0 atom stereocenters. The van der Waals surface area contributed by atoms with E-state index in [0.29, 0.717) is 11.5 Å². The molecule has 1 fully saturated rings. The fourth-order valence-electron chi connectivity index (χ4n) is 2.67. The standard InChI is InChI=1S/C14H20N4O/c1-3-11-4-6-14(10-15,7-5-11)17-13(19)12-8-16-18(2)9-12/h8-9,11H,3-7H2,1-2H3,(H,17,19). The number of carbonyl (C=O) groups excluding carboxylic acids is 1. The number of nitriles is 1. The Hall–Kier alpha value is -1.83. The third-order valence-corrected chi connectivity index (χ3v) is 4.07. The van der Waals surface area contributed by atoms with Gasteiger partial charge in [0.25, 0.3) is 5.91 Å². The van der Waals surface area contributed by atoms with Gasteiger partial charge in [-0.05, 0) is 31.6 Å². The maximum atomic E-state index is 12.1. The van der Waals surface area contributed by atoms with Gasteiger partial charge < -0.3 is 5.32 Å². The first-order valence-corrected chi connectivity index (χ1v) is 6.81. The SMILES string of the molecule is CCC1CCC(C#N)(NC(=O)c2cnn(C)c2)CC1. The lowest BCUT2D eigenvalue weighted by molar-refractivity contribution is 0.0891. The zero-order valence-electron chi connectivity index (χ0n) is 11.5. The summed E-state index contributed by atoms with van der Waals surface area (Å²) >= 11 is 0. The van der Waals surface area contributed by atoms with Crippen LogP contribution in [0.1, 0.15) is 49.4 Å². The number of amides is 1. The number of aromatic nitrogens is 2. The molecule has 0 radical (unpaired) electrons. The molecule has 0 unspecified atom stereocenters. The lowest BCUT2D eigenvalue weighted by atomic mass is 9.76. The second-order valence-electron chi connectivity index (χ2n) is 5.40. The van der Waals surface area contributed by atoms with Crippen molar-refractivity contribution in [2.75, 3.05) is 0 Å². The molecule has 0 aliphatic heterocycles. The molecular formula is C14H20N4O. The molecule has 102 valence electrons. The van der Waals surface area contributed by atoms with Crippen LogP contribution >= 0.6 is 0 Å². The molecule has 1 saturated carbocycles. The molecule has 0 bridgehead atoms. The summed E-state index contributed by atoms with van der Waals surface area (Å²) < 4.78 is 1.59. The molecule has 1 aromatic heterocycles. The highest BCUT2D eigenvalue weighted by Crippen LogP contribution is 2.33. The van der Waals surface area contributed by atoms with E-state index < -0.39 is 5.54 Å². The molecule has 1 aliphatic carbocycles. The summed E-state index contributed by atoms with van der Waals surface area (Å²) in [5.41, 5.74) is -0.187. The van der Waals surface area contributed by atoms with Crippen molar-refractivity contribution < 1.29 is 4.79 Å². The van der Waals surface area contributed by atoms with Gasteiger partial charge in [0.1, 0.15) is 5.54 Å². The number of aryl methyl sites for hydroxylation is 1. The van der Waals surface area contributed by atoms with Crippen LogP contribution in [0.3, 0.4) is 0 Å². The molecule has 1 heterocycles. The van der Waals surface area contributed by atoms with Crippen molar-refractivity contribution in [1.82, 2.24) is 15.1 Å².